The molecule has 0 fully saturated rings. The molecule has 4 heteroatoms. The number of hydrogen-bond donors (Lipinski definition) is 2. The minimum atomic E-state index is -0.757. The molecule has 0 saturated carbocycles. The van der Waals surface area contributed by atoms with Crippen molar-refractivity contribution in [3.63, 3.8) is 0 Å². The van der Waals surface area contributed by atoms with Crippen molar-refractivity contribution < 1.29 is 13.9 Å². The molecule has 0 heterocycles. The van der Waals surface area contributed by atoms with Crippen LogP contribution in [0.2, 0.25) is 0 Å². The van der Waals surface area contributed by atoms with E-state index in [0.29, 0.717) is 17.9 Å². The molecule has 0 aliphatic rings. The average molecular weight is 257 g/mol. The van der Waals surface area contributed by atoms with E-state index < -0.39 is 17.0 Å². The van der Waals surface area contributed by atoms with Crippen LogP contribution in [-0.4, -0.2) is 18.3 Å². The number of aliphatic hydroxyl groups is 1. The van der Waals surface area contributed by atoms with Crippen LogP contribution in [0.5, 0.6) is 0 Å². The number of nitrogens with two attached hydrogens (primary N) is 1. The number of benzene rings is 1. The van der Waals surface area contributed by atoms with E-state index in [0.717, 1.165) is 12.5 Å². The van der Waals surface area contributed by atoms with Crippen molar-refractivity contribution in [2.24, 2.45) is 11.7 Å². The van der Waals surface area contributed by atoms with Crippen molar-refractivity contribution in [1.29, 1.82) is 0 Å². The van der Waals surface area contributed by atoms with Gasteiger partial charge in [-0.05, 0) is 36.5 Å². The van der Waals surface area contributed by atoms with Gasteiger partial charge in [0.25, 0.3) is 0 Å². The van der Waals surface area contributed by atoms with Gasteiger partial charge >= 0.3 is 0 Å². The van der Waals surface area contributed by atoms with Crippen LogP contribution in [-0.2, 0) is 5.41 Å². The molecule has 18 heavy (non-hydrogen) atoms. The summed E-state index contributed by atoms with van der Waals surface area (Å²) in [5.41, 5.74) is 5.41. The maximum Gasteiger partial charge on any atom is 0.126 e. The highest BCUT2D eigenvalue weighted by Gasteiger charge is 2.31. The summed E-state index contributed by atoms with van der Waals surface area (Å²) in [5.74, 6) is -0.831. The van der Waals surface area contributed by atoms with Gasteiger partial charge in [0, 0.05) is 18.0 Å². The average Bonchev–Trinajstić information content (AvgIpc) is 2.29. The van der Waals surface area contributed by atoms with Crippen LogP contribution in [0, 0.1) is 17.6 Å². The van der Waals surface area contributed by atoms with Gasteiger partial charge in [-0.1, -0.05) is 13.8 Å². The van der Waals surface area contributed by atoms with Crippen LogP contribution in [0.15, 0.2) is 18.2 Å². The number of rotatable bonds is 6. The van der Waals surface area contributed by atoms with Crippen LogP contribution in [0.4, 0.5) is 8.78 Å². The fraction of sp³-hybridized carbons (Fsp3) is 0.571. The van der Waals surface area contributed by atoms with Crippen LogP contribution in [0.1, 0.15) is 32.3 Å². The molecule has 0 radical (unpaired) electrons. The molecule has 0 aromatic heterocycles. The van der Waals surface area contributed by atoms with Gasteiger partial charge in [-0.3, -0.25) is 0 Å². The van der Waals surface area contributed by atoms with E-state index in [4.69, 9.17) is 5.73 Å². The van der Waals surface area contributed by atoms with E-state index in [9.17, 15) is 13.9 Å². The van der Waals surface area contributed by atoms with Crippen molar-refractivity contribution in [2.45, 2.75) is 32.1 Å². The molecule has 1 atom stereocenters. The lowest BCUT2D eigenvalue weighted by Crippen LogP contribution is -2.39. The van der Waals surface area contributed by atoms with E-state index in [-0.39, 0.29) is 13.2 Å². The SMILES string of the molecule is CC(C)CCC(CN)(CO)c1cc(F)cc(F)c1. The fourth-order valence-corrected chi connectivity index (χ4v) is 2.02. The zero-order valence-electron chi connectivity index (χ0n) is 10.9. The molecule has 1 aromatic carbocycles. The summed E-state index contributed by atoms with van der Waals surface area (Å²) in [6.45, 7) is 4.08. The zero-order chi connectivity index (χ0) is 13.8. The zero-order valence-corrected chi connectivity index (χ0v) is 10.9. The molecule has 0 aliphatic carbocycles. The van der Waals surface area contributed by atoms with Crippen molar-refractivity contribution in [3.8, 4) is 0 Å². The van der Waals surface area contributed by atoms with Crippen molar-refractivity contribution >= 4 is 0 Å². The van der Waals surface area contributed by atoms with Gasteiger partial charge in [-0.15, -0.1) is 0 Å². The Kier molecular flexibility index (Phi) is 5.23. The Labute approximate surface area is 107 Å². The minimum absolute atomic E-state index is 0.166. The van der Waals surface area contributed by atoms with Gasteiger partial charge in [-0.2, -0.15) is 0 Å². The predicted octanol–water partition coefficient (Wildman–Crippen LogP) is 2.59. The molecule has 2 nitrogen and oxygen atoms in total. The van der Waals surface area contributed by atoms with Gasteiger partial charge in [0.1, 0.15) is 11.6 Å². The molecule has 0 spiro atoms. The second-order valence-electron chi connectivity index (χ2n) is 5.23. The highest BCUT2D eigenvalue weighted by atomic mass is 19.1. The molecule has 1 aromatic rings. The largest absolute Gasteiger partial charge is 0.395 e. The Hall–Kier alpha value is -1.00. The summed E-state index contributed by atoms with van der Waals surface area (Å²) in [4.78, 5) is 0. The summed E-state index contributed by atoms with van der Waals surface area (Å²) in [7, 11) is 0. The summed E-state index contributed by atoms with van der Waals surface area (Å²) in [6.07, 6.45) is 1.45. The molecule has 3 N–H and O–H groups in total. The molecule has 1 rings (SSSR count). The Bertz CT molecular complexity index is 369. The smallest absolute Gasteiger partial charge is 0.126 e. The Morgan fingerprint density at radius 1 is 1.22 bits per heavy atom. The van der Waals surface area contributed by atoms with Crippen LogP contribution in [0.3, 0.4) is 0 Å². The lowest BCUT2D eigenvalue weighted by molar-refractivity contribution is 0.180. The molecule has 0 aliphatic heterocycles. The topological polar surface area (TPSA) is 46.2 Å². The second-order valence-corrected chi connectivity index (χ2v) is 5.23. The lowest BCUT2D eigenvalue weighted by Gasteiger charge is -2.32. The molecule has 102 valence electrons. The standard InChI is InChI=1S/C14H21F2NO/c1-10(2)3-4-14(8-17,9-18)11-5-12(15)7-13(16)6-11/h5-7,10,18H,3-4,8-9,17H2,1-2H3. The Balaban J connectivity index is 3.08. The number of halogens is 2. The summed E-state index contributed by atoms with van der Waals surface area (Å²) >= 11 is 0. The van der Waals surface area contributed by atoms with E-state index in [1.54, 1.807) is 0 Å². The first-order chi connectivity index (χ1) is 8.43. The first-order valence-corrected chi connectivity index (χ1v) is 6.21. The normalized spacial score (nSPS) is 14.8. The van der Waals surface area contributed by atoms with Gasteiger partial charge in [-0.25, -0.2) is 8.78 Å². The molecular formula is C14H21F2NO. The minimum Gasteiger partial charge on any atom is -0.395 e. The van der Waals surface area contributed by atoms with Crippen molar-refractivity contribution in [2.75, 3.05) is 13.2 Å². The highest BCUT2D eigenvalue weighted by Crippen LogP contribution is 2.30. The molecular weight excluding hydrogens is 236 g/mol. The predicted molar refractivity (Wildman–Crippen MR) is 68.2 cm³/mol. The molecule has 0 bridgehead atoms. The second kappa shape index (κ2) is 6.25. The van der Waals surface area contributed by atoms with Crippen molar-refractivity contribution in [1.82, 2.24) is 0 Å². The first-order valence-electron chi connectivity index (χ1n) is 6.21. The van der Waals surface area contributed by atoms with Gasteiger partial charge in [0.15, 0.2) is 0 Å². The molecule has 1 unspecified atom stereocenters. The van der Waals surface area contributed by atoms with Crippen LogP contribution < -0.4 is 5.73 Å². The number of aliphatic hydroxyl groups excluding tert-OH is 1. The Morgan fingerprint density at radius 3 is 2.17 bits per heavy atom. The van der Waals surface area contributed by atoms with E-state index in [1.165, 1.54) is 12.1 Å². The molecule has 0 saturated heterocycles. The van der Waals surface area contributed by atoms with Gasteiger partial charge in [0.2, 0.25) is 0 Å². The van der Waals surface area contributed by atoms with Crippen LogP contribution >= 0.6 is 0 Å². The summed E-state index contributed by atoms with van der Waals surface area (Å²) in [5, 5.41) is 9.60. The molecule has 0 amide bonds. The monoisotopic (exact) mass is 257 g/mol. The maximum atomic E-state index is 13.3. The summed E-state index contributed by atoms with van der Waals surface area (Å²) in [6, 6.07) is 3.34. The van der Waals surface area contributed by atoms with Crippen molar-refractivity contribution in [3.05, 3.63) is 35.4 Å². The van der Waals surface area contributed by atoms with E-state index >= 15 is 0 Å². The third-order valence-corrected chi connectivity index (χ3v) is 3.37. The first kappa shape index (κ1) is 15.1. The Morgan fingerprint density at radius 2 is 1.78 bits per heavy atom. The van der Waals surface area contributed by atoms with Gasteiger partial charge < -0.3 is 10.8 Å². The highest BCUT2D eigenvalue weighted by molar-refractivity contribution is 5.28. The fourth-order valence-electron chi connectivity index (χ4n) is 2.02. The van der Waals surface area contributed by atoms with Crippen LogP contribution in [0.25, 0.3) is 0 Å². The van der Waals surface area contributed by atoms with E-state index in [2.05, 4.69) is 13.8 Å². The number of hydrogen-bond acceptors (Lipinski definition) is 2. The van der Waals surface area contributed by atoms with E-state index in [1.807, 2.05) is 0 Å². The van der Waals surface area contributed by atoms with Gasteiger partial charge in [0.05, 0.1) is 6.61 Å². The maximum absolute atomic E-state index is 13.3. The third kappa shape index (κ3) is 3.50. The quantitative estimate of drug-likeness (QED) is 0.822. The summed E-state index contributed by atoms with van der Waals surface area (Å²) < 4.78 is 26.5. The lowest BCUT2D eigenvalue weighted by atomic mass is 9.76. The third-order valence-electron chi connectivity index (χ3n) is 3.37.